The Hall–Kier alpha value is -1.75. The molecule has 0 fully saturated rings. The van der Waals surface area contributed by atoms with E-state index < -0.39 is 11.2 Å². The van der Waals surface area contributed by atoms with Gasteiger partial charge in [-0.25, -0.2) is 0 Å². The molecule has 0 amide bonds. The van der Waals surface area contributed by atoms with E-state index in [0.29, 0.717) is 5.56 Å². The zero-order chi connectivity index (χ0) is 10.8. The maximum absolute atomic E-state index is 10.6. The van der Waals surface area contributed by atoms with E-state index in [2.05, 4.69) is 0 Å². The molecule has 0 aromatic heterocycles. The summed E-state index contributed by atoms with van der Waals surface area (Å²) in [4.78, 5) is 10.1. The van der Waals surface area contributed by atoms with Gasteiger partial charge < -0.3 is 9.47 Å². The van der Waals surface area contributed by atoms with Crippen molar-refractivity contribution in [2.24, 2.45) is 0 Å². The van der Waals surface area contributed by atoms with E-state index in [9.17, 15) is 10.1 Å². The molecular weight excluding hydrogens is 222 g/mol. The zero-order valence-electron chi connectivity index (χ0n) is 7.42. The van der Waals surface area contributed by atoms with Crippen molar-refractivity contribution in [2.45, 2.75) is 6.29 Å². The average Bonchev–Trinajstić information content (AvgIpc) is 2.71. The predicted octanol–water partition coefficient (Wildman–Crippen LogP) is 2.76. The maximum atomic E-state index is 10.6. The van der Waals surface area contributed by atoms with Gasteiger partial charge in [0.05, 0.1) is 4.92 Å². The van der Waals surface area contributed by atoms with Crippen molar-refractivity contribution in [2.75, 3.05) is 0 Å². The highest BCUT2D eigenvalue weighted by Gasteiger charge is 2.20. The highest BCUT2D eigenvalue weighted by atomic mass is 35.5. The Morgan fingerprint density at radius 2 is 2.00 bits per heavy atom. The third-order valence-electron chi connectivity index (χ3n) is 1.90. The highest BCUT2D eigenvalue weighted by Crippen LogP contribution is 2.31. The van der Waals surface area contributed by atoms with Crippen LogP contribution in [0.1, 0.15) is 11.9 Å². The maximum Gasteiger partial charge on any atom is 0.288 e. The molecule has 0 spiro atoms. The Labute approximate surface area is 90.0 Å². The summed E-state index contributed by atoms with van der Waals surface area (Å²) in [5.74, 6) is 0. The van der Waals surface area contributed by atoms with Crippen LogP contribution in [0.5, 0.6) is 0 Å². The van der Waals surface area contributed by atoms with Crippen LogP contribution < -0.4 is 0 Å². The lowest BCUT2D eigenvalue weighted by Crippen LogP contribution is -1.99. The van der Waals surface area contributed by atoms with Gasteiger partial charge in [-0.05, 0) is 12.1 Å². The minimum absolute atomic E-state index is 0.0923. The first-order chi connectivity index (χ1) is 7.18. The number of benzene rings is 1. The normalized spacial score (nSPS) is 14.7. The minimum Gasteiger partial charge on any atom is -0.455 e. The summed E-state index contributed by atoms with van der Waals surface area (Å²) in [6.07, 6.45) is 2.14. The monoisotopic (exact) mass is 227 g/mol. The molecule has 6 heteroatoms. The number of ether oxygens (including phenoxy) is 2. The van der Waals surface area contributed by atoms with Crippen LogP contribution >= 0.6 is 11.6 Å². The molecule has 2 rings (SSSR count). The fourth-order valence-electron chi connectivity index (χ4n) is 1.21. The third-order valence-corrected chi connectivity index (χ3v) is 2.22. The second-order valence-electron chi connectivity index (χ2n) is 2.84. The zero-order valence-corrected chi connectivity index (χ0v) is 8.18. The molecule has 0 atom stereocenters. The molecule has 1 aromatic rings. The summed E-state index contributed by atoms with van der Waals surface area (Å²) < 4.78 is 10.1. The number of nitrogens with zero attached hydrogens (tertiary/aromatic N) is 1. The number of hydrogen-bond donors (Lipinski definition) is 0. The van der Waals surface area contributed by atoms with Crippen molar-refractivity contribution in [3.05, 3.63) is 51.4 Å². The summed E-state index contributed by atoms with van der Waals surface area (Å²) in [5.41, 5.74) is 0.393. The Morgan fingerprint density at radius 3 is 2.60 bits per heavy atom. The van der Waals surface area contributed by atoms with Gasteiger partial charge in [0.2, 0.25) is 0 Å². The molecule has 0 aliphatic carbocycles. The Bertz CT molecular complexity index is 424. The molecule has 0 N–H and O–H groups in total. The largest absolute Gasteiger partial charge is 0.455 e. The Morgan fingerprint density at radius 1 is 1.33 bits per heavy atom. The number of nitro benzene ring substituents is 1. The lowest BCUT2D eigenvalue weighted by molar-refractivity contribution is -0.384. The molecule has 1 aromatic carbocycles. The Kier molecular flexibility index (Phi) is 2.47. The van der Waals surface area contributed by atoms with Crippen molar-refractivity contribution < 1.29 is 14.4 Å². The van der Waals surface area contributed by atoms with Gasteiger partial charge in [0.15, 0.2) is 0 Å². The third kappa shape index (κ3) is 1.87. The molecule has 0 bridgehead atoms. The minimum atomic E-state index is -0.624. The second-order valence-corrected chi connectivity index (χ2v) is 3.25. The SMILES string of the molecule is O=[N+]([O-])c1cc(C2OC=CO2)ccc1Cl. The topological polar surface area (TPSA) is 61.6 Å². The van der Waals surface area contributed by atoms with Gasteiger partial charge in [-0.3, -0.25) is 10.1 Å². The van der Waals surface area contributed by atoms with Gasteiger partial charge in [-0.2, -0.15) is 0 Å². The molecular formula is C9H6ClNO4. The summed E-state index contributed by atoms with van der Waals surface area (Å²) in [6, 6.07) is 4.40. The molecule has 1 heterocycles. The van der Waals surface area contributed by atoms with Crippen molar-refractivity contribution >= 4 is 17.3 Å². The van der Waals surface area contributed by atoms with Crippen molar-refractivity contribution in [3.8, 4) is 0 Å². The van der Waals surface area contributed by atoms with Crippen LogP contribution in [0.3, 0.4) is 0 Å². The van der Waals surface area contributed by atoms with Gasteiger partial charge >= 0.3 is 0 Å². The predicted molar refractivity (Wildman–Crippen MR) is 52.2 cm³/mol. The summed E-state index contributed by atoms with van der Waals surface area (Å²) in [7, 11) is 0. The molecule has 0 saturated carbocycles. The fraction of sp³-hybridized carbons (Fsp3) is 0.111. The van der Waals surface area contributed by atoms with Crippen LogP contribution in [-0.4, -0.2) is 4.92 Å². The summed E-state index contributed by atoms with van der Waals surface area (Å²) in [6.45, 7) is 0. The van der Waals surface area contributed by atoms with E-state index in [1.807, 2.05) is 0 Å². The lowest BCUT2D eigenvalue weighted by Gasteiger charge is -2.09. The quantitative estimate of drug-likeness (QED) is 0.576. The summed E-state index contributed by atoms with van der Waals surface area (Å²) in [5, 5.41) is 10.7. The molecule has 78 valence electrons. The van der Waals surface area contributed by atoms with E-state index in [1.54, 1.807) is 6.07 Å². The molecule has 15 heavy (non-hydrogen) atoms. The van der Waals surface area contributed by atoms with Crippen molar-refractivity contribution in [1.82, 2.24) is 0 Å². The first-order valence-corrected chi connectivity index (χ1v) is 4.46. The van der Waals surface area contributed by atoms with Crippen LogP contribution in [0.25, 0.3) is 0 Å². The van der Waals surface area contributed by atoms with Crippen molar-refractivity contribution in [3.63, 3.8) is 0 Å². The highest BCUT2D eigenvalue weighted by molar-refractivity contribution is 6.32. The number of hydrogen-bond acceptors (Lipinski definition) is 4. The van der Waals surface area contributed by atoms with Crippen LogP contribution in [0, 0.1) is 10.1 Å². The van der Waals surface area contributed by atoms with E-state index in [-0.39, 0.29) is 10.7 Å². The van der Waals surface area contributed by atoms with E-state index in [4.69, 9.17) is 21.1 Å². The Balaban J connectivity index is 2.33. The number of halogens is 1. The standard InChI is InChI=1S/C9H6ClNO4/c10-7-2-1-6(5-8(7)11(12)13)9-14-3-4-15-9/h1-5,9H. The van der Waals surface area contributed by atoms with Crippen LogP contribution in [0.15, 0.2) is 30.7 Å². The average molecular weight is 228 g/mol. The lowest BCUT2D eigenvalue weighted by atomic mass is 10.2. The summed E-state index contributed by atoms with van der Waals surface area (Å²) >= 11 is 5.66. The molecule has 0 unspecified atom stereocenters. The number of rotatable bonds is 2. The van der Waals surface area contributed by atoms with Gasteiger partial charge in [-0.1, -0.05) is 11.6 Å². The van der Waals surface area contributed by atoms with Gasteiger partial charge in [-0.15, -0.1) is 0 Å². The molecule has 0 radical (unpaired) electrons. The second kappa shape index (κ2) is 3.78. The first kappa shape index (κ1) is 9.79. The van der Waals surface area contributed by atoms with Crippen molar-refractivity contribution in [1.29, 1.82) is 0 Å². The number of nitro groups is 1. The van der Waals surface area contributed by atoms with Gasteiger partial charge in [0.25, 0.3) is 12.0 Å². The van der Waals surface area contributed by atoms with Crippen LogP contribution in [-0.2, 0) is 9.47 Å². The molecule has 1 aliphatic heterocycles. The molecule has 1 aliphatic rings. The van der Waals surface area contributed by atoms with E-state index in [0.717, 1.165) is 0 Å². The van der Waals surface area contributed by atoms with E-state index in [1.165, 1.54) is 24.7 Å². The van der Waals surface area contributed by atoms with Gasteiger partial charge in [0.1, 0.15) is 17.5 Å². The van der Waals surface area contributed by atoms with E-state index >= 15 is 0 Å². The van der Waals surface area contributed by atoms with Crippen LogP contribution in [0.4, 0.5) is 5.69 Å². The van der Waals surface area contributed by atoms with Crippen LogP contribution in [0.2, 0.25) is 5.02 Å². The smallest absolute Gasteiger partial charge is 0.288 e. The molecule has 0 saturated heterocycles. The molecule has 5 nitrogen and oxygen atoms in total. The first-order valence-electron chi connectivity index (χ1n) is 4.08. The van der Waals surface area contributed by atoms with Gasteiger partial charge in [0, 0.05) is 11.6 Å². The fourth-order valence-corrected chi connectivity index (χ4v) is 1.40.